The number of phenolic OH excluding ortho intramolecular Hbond substituents is 1. The van der Waals surface area contributed by atoms with Gasteiger partial charge in [0.15, 0.2) is 0 Å². The van der Waals surface area contributed by atoms with E-state index in [-0.39, 0.29) is 23.5 Å². The summed E-state index contributed by atoms with van der Waals surface area (Å²) in [5, 5.41) is 13.4. The zero-order chi connectivity index (χ0) is 15.8. The predicted molar refractivity (Wildman–Crippen MR) is 89.3 cm³/mol. The molecule has 2 N–H and O–H groups in total. The number of carbonyl (C=O) groups is 1. The quantitative estimate of drug-likeness (QED) is 0.776. The summed E-state index contributed by atoms with van der Waals surface area (Å²) in [6.45, 7) is 0. The van der Waals surface area contributed by atoms with Gasteiger partial charge in [-0.2, -0.15) is 0 Å². The molecule has 0 saturated heterocycles. The van der Waals surface area contributed by atoms with Gasteiger partial charge in [0, 0.05) is 17.5 Å². The number of aromatic hydroxyl groups is 1. The predicted octanol–water partition coefficient (Wildman–Crippen LogP) is 3.68. The third-order valence-electron chi connectivity index (χ3n) is 4.34. The fourth-order valence-electron chi connectivity index (χ4n) is 3.01. The van der Waals surface area contributed by atoms with E-state index in [0.29, 0.717) is 0 Å². The van der Waals surface area contributed by atoms with Crippen molar-refractivity contribution in [3.63, 3.8) is 0 Å². The number of aromatic nitrogens is 1. The molecule has 1 fully saturated rings. The van der Waals surface area contributed by atoms with Gasteiger partial charge in [0.2, 0.25) is 5.91 Å². The summed E-state index contributed by atoms with van der Waals surface area (Å²) < 4.78 is 0. The van der Waals surface area contributed by atoms with Crippen LogP contribution in [0.5, 0.6) is 5.75 Å². The highest BCUT2D eigenvalue weighted by Crippen LogP contribution is 2.48. The zero-order valence-corrected chi connectivity index (χ0v) is 12.4. The molecule has 0 aliphatic heterocycles. The average Bonchev–Trinajstić information content (AvgIpc) is 3.37. The Balaban J connectivity index is 1.51. The molecule has 114 valence electrons. The van der Waals surface area contributed by atoms with E-state index < -0.39 is 0 Å². The van der Waals surface area contributed by atoms with Crippen LogP contribution >= 0.6 is 0 Å². The maximum absolute atomic E-state index is 12.5. The van der Waals surface area contributed by atoms with Gasteiger partial charge in [-0.3, -0.25) is 9.78 Å². The van der Waals surface area contributed by atoms with Crippen molar-refractivity contribution < 1.29 is 9.90 Å². The molecule has 4 nitrogen and oxygen atoms in total. The Morgan fingerprint density at radius 2 is 1.87 bits per heavy atom. The van der Waals surface area contributed by atoms with Crippen molar-refractivity contribution >= 4 is 22.5 Å². The Hall–Kier alpha value is -2.88. The number of phenols is 1. The maximum atomic E-state index is 12.5. The highest BCUT2D eigenvalue weighted by Gasteiger charge is 2.44. The van der Waals surface area contributed by atoms with Crippen LogP contribution in [0.2, 0.25) is 0 Å². The number of nitrogens with zero attached hydrogens (tertiary/aromatic N) is 1. The van der Waals surface area contributed by atoms with Crippen LogP contribution in [0.15, 0.2) is 60.8 Å². The molecule has 1 heterocycles. The summed E-state index contributed by atoms with van der Waals surface area (Å²) in [5.41, 5.74) is 2.66. The van der Waals surface area contributed by atoms with Crippen LogP contribution in [-0.4, -0.2) is 16.0 Å². The Morgan fingerprint density at radius 3 is 2.70 bits per heavy atom. The fourth-order valence-corrected chi connectivity index (χ4v) is 3.01. The minimum Gasteiger partial charge on any atom is -0.508 e. The van der Waals surface area contributed by atoms with Crippen molar-refractivity contribution in [3.05, 3.63) is 66.4 Å². The van der Waals surface area contributed by atoms with Crippen molar-refractivity contribution in [2.75, 3.05) is 5.32 Å². The lowest BCUT2D eigenvalue weighted by molar-refractivity contribution is -0.117. The molecule has 2 atom stereocenters. The number of carbonyl (C=O) groups excluding carboxylic acids is 1. The van der Waals surface area contributed by atoms with Crippen LogP contribution < -0.4 is 5.32 Å². The highest BCUT2D eigenvalue weighted by molar-refractivity contribution is 6.02. The van der Waals surface area contributed by atoms with E-state index in [9.17, 15) is 9.90 Å². The molecule has 0 radical (unpaired) electrons. The van der Waals surface area contributed by atoms with Gasteiger partial charge in [-0.1, -0.05) is 30.3 Å². The number of fused-ring (bicyclic) bond motifs is 1. The van der Waals surface area contributed by atoms with E-state index in [0.717, 1.165) is 28.6 Å². The monoisotopic (exact) mass is 304 g/mol. The first-order valence-electron chi connectivity index (χ1n) is 7.66. The first-order valence-corrected chi connectivity index (χ1v) is 7.66. The summed E-state index contributed by atoms with van der Waals surface area (Å²) in [7, 11) is 0. The molecule has 1 aliphatic rings. The molecule has 2 unspecified atom stereocenters. The lowest BCUT2D eigenvalue weighted by atomic mass is 10.1. The van der Waals surface area contributed by atoms with Gasteiger partial charge in [0.25, 0.3) is 0 Å². The van der Waals surface area contributed by atoms with Crippen molar-refractivity contribution in [3.8, 4) is 5.75 Å². The van der Waals surface area contributed by atoms with Crippen molar-refractivity contribution in [1.29, 1.82) is 0 Å². The Kier molecular flexibility index (Phi) is 3.23. The third-order valence-corrected chi connectivity index (χ3v) is 4.34. The van der Waals surface area contributed by atoms with Crippen LogP contribution in [0.25, 0.3) is 10.9 Å². The van der Waals surface area contributed by atoms with E-state index in [2.05, 4.69) is 10.3 Å². The van der Waals surface area contributed by atoms with Gasteiger partial charge in [0.05, 0.1) is 11.2 Å². The minimum absolute atomic E-state index is 0.0153. The SMILES string of the molecule is O=C(Nc1cccc2cccnc12)C1CC1c1ccc(O)cc1. The summed E-state index contributed by atoms with van der Waals surface area (Å²) in [5.74, 6) is 0.496. The molecular weight excluding hydrogens is 288 g/mol. The van der Waals surface area contributed by atoms with Crippen LogP contribution in [0.1, 0.15) is 17.9 Å². The van der Waals surface area contributed by atoms with E-state index in [1.165, 1.54) is 0 Å². The largest absolute Gasteiger partial charge is 0.508 e. The van der Waals surface area contributed by atoms with Gasteiger partial charge in [-0.05, 0) is 42.2 Å². The molecule has 4 rings (SSSR count). The second-order valence-electron chi connectivity index (χ2n) is 5.91. The van der Waals surface area contributed by atoms with E-state index in [1.54, 1.807) is 18.3 Å². The second kappa shape index (κ2) is 5.39. The van der Waals surface area contributed by atoms with Crippen molar-refractivity contribution in [2.45, 2.75) is 12.3 Å². The Bertz CT molecular complexity index is 869. The molecule has 0 spiro atoms. The molecule has 3 aromatic rings. The lowest BCUT2D eigenvalue weighted by Gasteiger charge is -2.08. The molecule has 1 aromatic heterocycles. The first kappa shape index (κ1) is 13.8. The smallest absolute Gasteiger partial charge is 0.228 e. The molecule has 0 bridgehead atoms. The molecular formula is C19H16N2O2. The van der Waals surface area contributed by atoms with E-state index >= 15 is 0 Å². The van der Waals surface area contributed by atoms with Gasteiger partial charge in [-0.15, -0.1) is 0 Å². The highest BCUT2D eigenvalue weighted by atomic mass is 16.3. The average molecular weight is 304 g/mol. The van der Waals surface area contributed by atoms with Gasteiger partial charge in [-0.25, -0.2) is 0 Å². The lowest BCUT2D eigenvalue weighted by Crippen LogP contribution is -2.15. The number of amides is 1. The number of nitrogens with one attached hydrogen (secondary N) is 1. The van der Waals surface area contributed by atoms with Crippen LogP contribution in [0, 0.1) is 5.92 Å². The third kappa shape index (κ3) is 2.63. The normalized spacial score (nSPS) is 19.5. The number of benzene rings is 2. The van der Waals surface area contributed by atoms with Gasteiger partial charge >= 0.3 is 0 Å². The molecule has 1 saturated carbocycles. The molecule has 1 aliphatic carbocycles. The van der Waals surface area contributed by atoms with Crippen LogP contribution in [0.4, 0.5) is 5.69 Å². The molecule has 2 aromatic carbocycles. The zero-order valence-electron chi connectivity index (χ0n) is 12.4. The minimum atomic E-state index is -0.0153. The molecule has 1 amide bonds. The summed E-state index contributed by atoms with van der Waals surface area (Å²) in [6, 6.07) is 16.7. The first-order chi connectivity index (χ1) is 11.2. The number of pyridine rings is 1. The van der Waals surface area contributed by atoms with Gasteiger partial charge in [0.1, 0.15) is 5.75 Å². The van der Waals surface area contributed by atoms with E-state index in [1.807, 2.05) is 42.5 Å². The number of anilines is 1. The number of hydrogen-bond donors (Lipinski definition) is 2. The second-order valence-corrected chi connectivity index (χ2v) is 5.91. The standard InChI is InChI=1S/C19H16N2O2/c22-14-8-6-12(7-9-14)15-11-16(15)19(23)21-17-5-1-3-13-4-2-10-20-18(13)17/h1-10,15-16,22H,11H2,(H,21,23). The summed E-state index contributed by atoms with van der Waals surface area (Å²) in [4.78, 5) is 16.8. The van der Waals surface area contributed by atoms with Crippen LogP contribution in [-0.2, 0) is 4.79 Å². The number of hydrogen-bond acceptors (Lipinski definition) is 3. The van der Waals surface area contributed by atoms with Crippen molar-refractivity contribution in [2.24, 2.45) is 5.92 Å². The number of para-hydroxylation sites is 1. The molecule has 23 heavy (non-hydrogen) atoms. The van der Waals surface area contributed by atoms with Crippen LogP contribution in [0.3, 0.4) is 0 Å². The maximum Gasteiger partial charge on any atom is 0.228 e. The number of rotatable bonds is 3. The van der Waals surface area contributed by atoms with Gasteiger partial charge < -0.3 is 10.4 Å². The topological polar surface area (TPSA) is 62.2 Å². The Morgan fingerprint density at radius 1 is 1.09 bits per heavy atom. The summed E-state index contributed by atoms with van der Waals surface area (Å²) in [6.07, 6.45) is 2.57. The Labute approximate surface area is 133 Å². The van der Waals surface area contributed by atoms with E-state index in [4.69, 9.17) is 0 Å². The molecule has 4 heteroatoms. The van der Waals surface area contributed by atoms with Crippen molar-refractivity contribution in [1.82, 2.24) is 4.98 Å². The summed E-state index contributed by atoms with van der Waals surface area (Å²) >= 11 is 0. The fraction of sp³-hybridized carbons (Fsp3) is 0.158.